The van der Waals surface area contributed by atoms with Crippen molar-refractivity contribution < 1.29 is 0 Å². The average molecular weight is 196 g/mol. The molecule has 0 saturated carbocycles. The molecule has 2 rings (SSSR count). The van der Waals surface area contributed by atoms with Gasteiger partial charge >= 0.3 is 0 Å². The highest BCUT2D eigenvalue weighted by Crippen LogP contribution is 2.34. The van der Waals surface area contributed by atoms with E-state index in [9.17, 15) is 0 Å². The first-order valence-corrected chi connectivity index (χ1v) is 5.92. The molecule has 0 bridgehead atoms. The topological polar surface area (TPSA) is 6.48 Å². The molecule has 0 N–H and O–H groups in total. The van der Waals surface area contributed by atoms with Gasteiger partial charge in [-0.15, -0.1) is 0 Å². The van der Waals surface area contributed by atoms with Crippen molar-refractivity contribution in [3.8, 4) is 0 Å². The lowest BCUT2D eigenvalue weighted by atomic mass is 9.92. The lowest BCUT2D eigenvalue weighted by molar-refractivity contribution is -0.00543. The maximum Gasteiger partial charge on any atom is 0.0309 e. The summed E-state index contributed by atoms with van der Waals surface area (Å²) >= 11 is 0. The summed E-state index contributed by atoms with van der Waals surface area (Å²) in [5, 5.41) is 0. The molecule has 0 amide bonds. The Hall–Kier alpha value is -0.0800. The van der Waals surface area contributed by atoms with Gasteiger partial charge in [-0.3, -0.25) is 9.80 Å². The van der Waals surface area contributed by atoms with Crippen LogP contribution in [-0.4, -0.2) is 47.1 Å². The van der Waals surface area contributed by atoms with Gasteiger partial charge in [-0.05, 0) is 47.1 Å². The molecular formula is C12H24N2. The molecule has 2 heteroatoms. The van der Waals surface area contributed by atoms with Crippen LogP contribution in [0.4, 0.5) is 0 Å². The third-order valence-electron chi connectivity index (χ3n) is 4.03. The third kappa shape index (κ3) is 1.70. The molecule has 0 radical (unpaired) electrons. The smallest absolute Gasteiger partial charge is 0.0309 e. The van der Waals surface area contributed by atoms with Gasteiger partial charge in [-0.2, -0.15) is 0 Å². The number of hydrogen-bond donors (Lipinski definition) is 0. The molecule has 2 fully saturated rings. The van der Waals surface area contributed by atoms with Crippen LogP contribution in [0.2, 0.25) is 0 Å². The molecule has 2 saturated heterocycles. The molecule has 0 aromatic heterocycles. The van der Waals surface area contributed by atoms with Gasteiger partial charge < -0.3 is 0 Å². The van der Waals surface area contributed by atoms with Crippen LogP contribution in [0.1, 0.15) is 40.5 Å². The summed E-state index contributed by atoms with van der Waals surface area (Å²) in [7, 11) is 0. The molecule has 0 aromatic carbocycles. The van der Waals surface area contributed by atoms with E-state index in [1.54, 1.807) is 0 Å². The van der Waals surface area contributed by atoms with E-state index in [1.165, 1.54) is 39.0 Å². The second-order valence-electron chi connectivity index (χ2n) is 6.18. The summed E-state index contributed by atoms with van der Waals surface area (Å²) in [6.07, 6.45) is 2.79. The van der Waals surface area contributed by atoms with Crippen molar-refractivity contribution in [1.29, 1.82) is 0 Å². The molecule has 0 spiro atoms. The van der Waals surface area contributed by atoms with Crippen LogP contribution in [-0.2, 0) is 0 Å². The van der Waals surface area contributed by atoms with Gasteiger partial charge in [0, 0.05) is 30.7 Å². The predicted octanol–water partition coefficient (Wildman–Crippen LogP) is 1.95. The van der Waals surface area contributed by atoms with Crippen LogP contribution in [0.25, 0.3) is 0 Å². The Kier molecular flexibility index (Phi) is 2.39. The number of rotatable bonds is 0. The highest BCUT2D eigenvalue weighted by atomic mass is 15.3. The minimum absolute atomic E-state index is 0.345. The molecule has 1 atom stereocenters. The highest BCUT2D eigenvalue weighted by Gasteiger charge is 2.42. The zero-order valence-electron chi connectivity index (χ0n) is 10.1. The Labute approximate surface area is 88.3 Å². The van der Waals surface area contributed by atoms with Gasteiger partial charge in [-0.25, -0.2) is 0 Å². The lowest BCUT2D eigenvalue weighted by Gasteiger charge is -2.49. The molecule has 0 aromatic rings. The van der Waals surface area contributed by atoms with E-state index < -0.39 is 0 Å². The van der Waals surface area contributed by atoms with Crippen LogP contribution >= 0.6 is 0 Å². The summed E-state index contributed by atoms with van der Waals surface area (Å²) < 4.78 is 0. The SMILES string of the molecule is CC(C)(C)N1CCN2CCC[C@]2(C)C1. The average Bonchev–Trinajstić information content (AvgIpc) is 2.42. The number of nitrogens with zero attached hydrogens (tertiary/aromatic N) is 2. The summed E-state index contributed by atoms with van der Waals surface area (Å²) in [6.45, 7) is 14.6. The first-order chi connectivity index (χ1) is 6.42. The van der Waals surface area contributed by atoms with Crippen molar-refractivity contribution in [2.75, 3.05) is 26.2 Å². The van der Waals surface area contributed by atoms with Crippen molar-refractivity contribution in [3.05, 3.63) is 0 Å². The Morgan fingerprint density at radius 1 is 1.07 bits per heavy atom. The largest absolute Gasteiger partial charge is 0.295 e. The van der Waals surface area contributed by atoms with E-state index in [1.807, 2.05) is 0 Å². The molecule has 2 aliphatic rings. The van der Waals surface area contributed by atoms with E-state index in [0.717, 1.165) is 0 Å². The molecule has 14 heavy (non-hydrogen) atoms. The maximum atomic E-state index is 2.69. The number of piperazine rings is 1. The molecule has 82 valence electrons. The van der Waals surface area contributed by atoms with Crippen molar-refractivity contribution in [2.24, 2.45) is 0 Å². The third-order valence-corrected chi connectivity index (χ3v) is 4.03. The van der Waals surface area contributed by atoms with E-state index >= 15 is 0 Å². The van der Waals surface area contributed by atoms with Crippen LogP contribution in [0, 0.1) is 0 Å². The Morgan fingerprint density at radius 3 is 2.43 bits per heavy atom. The van der Waals surface area contributed by atoms with Crippen molar-refractivity contribution >= 4 is 0 Å². The number of hydrogen-bond acceptors (Lipinski definition) is 2. The van der Waals surface area contributed by atoms with Crippen LogP contribution in [0.3, 0.4) is 0 Å². The fraction of sp³-hybridized carbons (Fsp3) is 1.00. The normalized spacial score (nSPS) is 36.0. The Morgan fingerprint density at radius 2 is 1.79 bits per heavy atom. The second kappa shape index (κ2) is 3.21. The predicted molar refractivity (Wildman–Crippen MR) is 60.5 cm³/mol. The van der Waals surface area contributed by atoms with Crippen molar-refractivity contribution in [3.63, 3.8) is 0 Å². The first kappa shape index (κ1) is 10.4. The van der Waals surface area contributed by atoms with Gasteiger partial charge in [0.05, 0.1) is 0 Å². The summed E-state index contributed by atoms with van der Waals surface area (Å²) in [6, 6.07) is 0. The molecule has 2 heterocycles. The van der Waals surface area contributed by atoms with Gasteiger partial charge in [0.15, 0.2) is 0 Å². The molecular weight excluding hydrogens is 172 g/mol. The monoisotopic (exact) mass is 196 g/mol. The van der Waals surface area contributed by atoms with E-state index in [4.69, 9.17) is 0 Å². The van der Waals surface area contributed by atoms with Crippen LogP contribution in [0.5, 0.6) is 0 Å². The summed E-state index contributed by atoms with van der Waals surface area (Å²) in [5.74, 6) is 0. The van der Waals surface area contributed by atoms with Crippen molar-refractivity contribution in [1.82, 2.24) is 9.80 Å². The van der Waals surface area contributed by atoms with Gasteiger partial charge in [0.1, 0.15) is 0 Å². The molecule has 0 aliphatic carbocycles. The van der Waals surface area contributed by atoms with Gasteiger partial charge in [-0.1, -0.05) is 0 Å². The minimum atomic E-state index is 0.345. The maximum absolute atomic E-state index is 2.69. The zero-order chi connectivity index (χ0) is 10.4. The molecule has 2 nitrogen and oxygen atoms in total. The lowest BCUT2D eigenvalue weighted by Crippen LogP contribution is -2.61. The van der Waals surface area contributed by atoms with Crippen LogP contribution < -0.4 is 0 Å². The summed E-state index contributed by atoms with van der Waals surface area (Å²) in [4.78, 5) is 5.34. The summed E-state index contributed by atoms with van der Waals surface area (Å²) in [5.41, 5.74) is 0.823. The second-order valence-corrected chi connectivity index (χ2v) is 6.18. The quantitative estimate of drug-likeness (QED) is 0.584. The number of fused-ring (bicyclic) bond motifs is 1. The Balaban J connectivity index is 2.08. The molecule has 2 aliphatic heterocycles. The first-order valence-electron chi connectivity index (χ1n) is 5.92. The van der Waals surface area contributed by atoms with Crippen LogP contribution in [0.15, 0.2) is 0 Å². The highest BCUT2D eigenvalue weighted by molar-refractivity contribution is 5.00. The Bertz CT molecular complexity index is 219. The zero-order valence-corrected chi connectivity index (χ0v) is 10.1. The fourth-order valence-corrected chi connectivity index (χ4v) is 2.94. The fourth-order valence-electron chi connectivity index (χ4n) is 2.94. The standard InChI is InChI=1S/C12H24N2/c1-11(2,3)14-9-8-13-7-5-6-12(13,4)10-14/h5-10H2,1-4H3/t12-/m1/s1. The molecule has 0 unspecified atom stereocenters. The van der Waals surface area contributed by atoms with Gasteiger partial charge in [0.2, 0.25) is 0 Å². The minimum Gasteiger partial charge on any atom is -0.295 e. The van der Waals surface area contributed by atoms with E-state index in [2.05, 4.69) is 37.5 Å². The van der Waals surface area contributed by atoms with E-state index in [-0.39, 0.29) is 0 Å². The van der Waals surface area contributed by atoms with Crippen molar-refractivity contribution in [2.45, 2.75) is 51.6 Å². The van der Waals surface area contributed by atoms with E-state index in [0.29, 0.717) is 11.1 Å². The van der Waals surface area contributed by atoms with Gasteiger partial charge in [0.25, 0.3) is 0 Å².